The molecule has 25 heavy (non-hydrogen) atoms. The third kappa shape index (κ3) is 3.43. The highest BCUT2D eigenvalue weighted by Gasteiger charge is 2.19. The molecule has 2 aromatic heterocycles. The molecule has 2 N–H and O–H groups in total. The van der Waals surface area contributed by atoms with Gasteiger partial charge in [-0.05, 0) is 18.1 Å². The van der Waals surface area contributed by atoms with Crippen LogP contribution in [0.25, 0.3) is 10.2 Å². The van der Waals surface area contributed by atoms with Gasteiger partial charge in [0.2, 0.25) is 5.91 Å². The molecule has 0 aliphatic carbocycles. The minimum Gasteiger partial charge on any atom is -0.477 e. The fourth-order valence-electron chi connectivity index (χ4n) is 2.48. The molecule has 0 unspecified atom stereocenters. The lowest BCUT2D eigenvalue weighted by molar-refractivity contribution is -0.121. The summed E-state index contributed by atoms with van der Waals surface area (Å²) in [6.45, 7) is 1.77. The molecule has 0 saturated heterocycles. The van der Waals surface area contributed by atoms with Crippen molar-refractivity contribution < 1.29 is 14.7 Å². The van der Waals surface area contributed by atoms with Crippen LogP contribution in [0.4, 0.5) is 0 Å². The molecule has 128 valence electrons. The zero-order chi connectivity index (χ0) is 18.0. The first-order valence-electron chi connectivity index (χ1n) is 7.50. The first-order valence-corrected chi connectivity index (χ1v) is 8.31. The summed E-state index contributed by atoms with van der Waals surface area (Å²) in [6, 6.07) is 9.43. The fraction of sp³-hybridized carbons (Fsp3) is 0.176. The molecule has 3 rings (SSSR count). The van der Waals surface area contributed by atoms with Crippen LogP contribution in [0.1, 0.15) is 20.8 Å². The number of thiophene rings is 1. The van der Waals surface area contributed by atoms with Gasteiger partial charge in [0, 0.05) is 6.54 Å². The van der Waals surface area contributed by atoms with Gasteiger partial charge in [-0.15, -0.1) is 11.3 Å². The molecular weight excluding hydrogens is 342 g/mol. The average molecular weight is 357 g/mol. The van der Waals surface area contributed by atoms with Crippen LogP contribution in [-0.4, -0.2) is 26.5 Å². The van der Waals surface area contributed by atoms with E-state index in [-0.39, 0.29) is 22.7 Å². The molecule has 0 radical (unpaired) electrons. The van der Waals surface area contributed by atoms with Crippen LogP contribution in [0.5, 0.6) is 0 Å². The van der Waals surface area contributed by atoms with E-state index in [1.54, 1.807) is 6.92 Å². The molecule has 0 fully saturated rings. The molecular formula is C17H15N3O4S. The Balaban J connectivity index is 1.81. The monoisotopic (exact) mass is 357 g/mol. The summed E-state index contributed by atoms with van der Waals surface area (Å²) in [5.41, 5.74) is 0.918. The maximum Gasteiger partial charge on any atom is 0.346 e. The maximum absolute atomic E-state index is 12.6. The third-order valence-corrected chi connectivity index (χ3v) is 4.95. The summed E-state index contributed by atoms with van der Waals surface area (Å²) in [5.74, 6) is -1.41. The number of rotatable bonds is 5. The predicted octanol–water partition coefficient (Wildman–Crippen LogP) is 1.78. The van der Waals surface area contributed by atoms with Crippen LogP contribution in [0, 0.1) is 6.92 Å². The van der Waals surface area contributed by atoms with Crippen LogP contribution in [0.2, 0.25) is 0 Å². The number of hydrogen-bond acceptors (Lipinski definition) is 5. The number of nitrogens with one attached hydrogen (secondary N) is 1. The second-order valence-corrected chi connectivity index (χ2v) is 6.48. The number of hydrogen-bond donors (Lipinski definition) is 2. The third-order valence-electron chi connectivity index (χ3n) is 3.76. The molecule has 2 heterocycles. The summed E-state index contributed by atoms with van der Waals surface area (Å²) in [7, 11) is 0. The van der Waals surface area contributed by atoms with Gasteiger partial charge in [0.25, 0.3) is 5.56 Å². The van der Waals surface area contributed by atoms with Crippen LogP contribution < -0.4 is 10.9 Å². The fourth-order valence-corrected chi connectivity index (χ4v) is 3.46. The van der Waals surface area contributed by atoms with Crippen molar-refractivity contribution in [2.45, 2.75) is 20.0 Å². The number of carboxylic acids is 1. The Bertz CT molecular complexity index is 1010. The van der Waals surface area contributed by atoms with Crippen molar-refractivity contribution >= 4 is 33.4 Å². The standard InChI is InChI=1S/C17H15N3O4S/c1-10-13-15(25-14(10)17(23)24)19-9-20(16(13)22)8-12(21)18-7-11-5-3-2-4-6-11/h2-6,9H,7-8H2,1H3,(H,18,21)(H,23,24). The summed E-state index contributed by atoms with van der Waals surface area (Å²) in [5, 5.41) is 12.2. The molecule has 1 aromatic carbocycles. The van der Waals surface area contributed by atoms with Crippen LogP contribution in [0.15, 0.2) is 41.5 Å². The van der Waals surface area contributed by atoms with Gasteiger partial charge in [0.15, 0.2) is 0 Å². The van der Waals surface area contributed by atoms with Gasteiger partial charge in [-0.2, -0.15) is 0 Å². The number of amides is 1. The smallest absolute Gasteiger partial charge is 0.346 e. The van der Waals surface area contributed by atoms with Gasteiger partial charge in [-0.25, -0.2) is 9.78 Å². The number of carbonyl (C=O) groups is 2. The highest BCUT2D eigenvalue weighted by atomic mass is 32.1. The largest absolute Gasteiger partial charge is 0.477 e. The van der Waals surface area contributed by atoms with E-state index in [9.17, 15) is 14.4 Å². The van der Waals surface area contributed by atoms with Crippen molar-refractivity contribution in [3.8, 4) is 0 Å². The van der Waals surface area contributed by atoms with E-state index < -0.39 is 11.5 Å². The first-order chi connectivity index (χ1) is 12.0. The second kappa shape index (κ2) is 6.86. The topological polar surface area (TPSA) is 101 Å². The Labute approximate surface area is 146 Å². The summed E-state index contributed by atoms with van der Waals surface area (Å²) in [6.07, 6.45) is 1.27. The number of benzene rings is 1. The van der Waals surface area contributed by atoms with Gasteiger partial charge in [0.05, 0.1) is 11.7 Å². The Hall–Kier alpha value is -3.00. The summed E-state index contributed by atoms with van der Waals surface area (Å²) < 4.78 is 1.19. The van der Waals surface area contributed by atoms with E-state index in [4.69, 9.17) is 5.11 Å². The minimum atomic E-state index is -1.09. The Morgan fingerprint density at radius 3 is 2.68 bits per heavy atom. The number of aryl methyl sites for hydroxylation is 1. The Kier molecular flexibility index (Phi) is 4.62. The predicted molar refractivity (Wildman–Crippen MR) is 93.9 cm³/mol. The highest BCUT2D eigenvalue weighted by Crippen LogP contribution is 2.26. The lowest BCUT2D eigenvalue weighted by Gasteiger charge is -2.07. The maximum atomic E-state index is 12.6. The minimum absolute atomic E-state index is 0.0888. The van der Waals surface area contributed by atoms with Crippen molar-refractivity contribution in [2.75, 3.05) is 0 Å². The lowest BCUT2D eigenvalue weighted by atomic mass is 10.2. The Morgan fingerprint density at radius 1 is 1.28 bits per heavy atom. The number of carbonyl (C=O) groups excluding carboxylic acids is 1. The molecule has 7 nitrogen and oxygen atoms in total. The summed E-state index contributed by atoms with van der Waals surface area (Å²) >= 11 is 0.957. The van der Waals surface area contributed by atoms with Crippen LogP contribution >= 0.6 is 11.3 Å². The molecule has 8 heteroatoms. The number of nitrogens with zero attached hydrogens (tertiary/aromatic N) is 2. The van der Waals surface area contributed by atoms with Crippen molar-refractivity contribution in [1.29, 1.82) is 0 Å². The number of aromatic carboxylic acids is 1. The zero-order valence-corrected chi connectivity index (χ0v) is 14.2. The summed E-state index contributed by atoms with van der Waals surface area (Å²) in [4.78, 5) is 40.4. The molecule has 1 amide bonds. The molecule has 0 aliphatic heterocycles. The Morgan fingerprint density at radius 2 is 2.00 bits per heavy atom. The average Bonchev–Trinajstić information content (AvgIpc) is 2.94. The van der Waals surface area contributed by atoms with E-state index in [0.717, 1.165) is 16.9 Å². The van der Waals surface area contributed by atoms with Gasteiger partial charge in [-0.3, -0.25) is 14.2 Å². The number of aromatic nitrogens is 2. The normalized spacial score (nSPS) is 10.8. The zero-order valence-electron chi connectivity index (χ0n) is 13.4. The van der Waals surface area contributed by atoms with Crippen molar-refractivity contribution in [3.63, 3.8) is 0 Å². The van der Waals surface area contributed by atoms with Gasteiger partial charge >= 0.3 is 5.97 Å². The molecule has 0 bridgehead atoms. The van der Waals surface area contributed by atoms with Crippen molar-refractivity contribution in [1.82, 2.24) is 14.9 Å². The van der Waals surface area contributed by atoms with Gasteiger partial charge in [0.1, 0.15) is 16.3 Å². The van der Waals surface area contributed by atoms with E-state index in [2.05, 4.69) is 10.3 Å². The van der Waals surface area contributed by atoms with Crippen molar-refractivity contribution in [3.05, 3.63) is 63.0 Å². The van der Waals surface area contributed by atoms with E-state index in [0.29, 0.717) is 16.9 Å². The molecule has 3 aromatic rings. The molecule has 0 aliphatic rings. The SMILES string of the molecule is Cc1c(C(=O)O)sc2ncn(CC(=O)NCc3ccccc3)c(=O)c12. The number of carboxylic acid groups (broad SMARTS) is 1. The van der Waals surface area contributed by atoms with Crippen LogP contribution in [0.3, 0.4) is 0 Å². The molecule has 0 spiro atoms. The van der Waals surface area contributed by atoms with E-state index >= 15 is 0 Å². The lowest BCUT2D eigenvalue weighted by Crippen LogP contribution is -2.32. The van der Waals surface area contributed by atoms with Crippen LogP contribution in [-0.2, 0) is 17.9 Å². The van der Waals surface area contributed by atoms with Gasteiger partial charge in [-0.1, -0.05) is 30.3 Å². The van der Waals surface area contributed by atoms with Gasteiger partial charge < -0.3 is 10.4 Å². The number of fused-ring (bicyclic) bond motifs is 1. The molecule has 0 saturated carbocycles. The quantitative estimate of drug-likeness (QED) is 0.725. The first kappa shape index (κ1) is 16.8. The van der Waals surface area contributed by atoms with E-state index in [1.165, 1.54) is 10.9 Å². The van der Waals surface area contributed by atoms with Crippen molar-refractivity contribution in [2.24, 2.45) is 0 Å². The second-order valence-electron chi connectivity index (χ2n) is 5.48. The highest BCUT2D eigenvalue weighted by molar-refractivity contribution is 7.20. The van der Waals surface area contributed by atoms with E-state index in [1.807, 2.05) is 30.3 Å². The molecule has 0 atom stereocenters.